The maximum absolute atomic E-state index is 12.3. The number of hydrogen-bond acceptors (Lipinski definition) is 10. The van der Waals surface area contributed by atoms with Crippen LogP contribution in [0, 0.1) is 0 Å². The van der Waals surface area contributed by atoms with Gasteiger partial charge in [-0.05, 0) is 39.8 Å². The van der Waals surface area contributed by atoms with Crippen LogP contribution in [0.15, 0.2) is 47.8 Å². The number of aromatic nitrogens is 3. The van der Waals surface area contributed by atoms with Crippen molar-refractivity contribution in [1.82, 2.24) is 15.0 Å². The van der Waals surface area contributed by atoms with Crippen molar-refractivity contribution in [1.29, 1.82) is 0 Å². The molecule has 3 aromatic rings. The van der Waals surface area contributed by atoms with Gasteiger partial charge in [0.15, 0.2) is 14.9 Å². The summed E-state index contributed by atoms with van der Waals surface area (Å²) >= 11 is 0. The van der Waals surface area contributed by atoms with Gasteiger partial charge in [0.2, 0.25) is 5.91 Å². The number of morpholine rings is 1. The molecule has 1 aliphatic heterocycles. The summed E-state index contributed by atoms with van der Waals surface area (Å²) in [6.07, 6.45) is 4.56. The molecule has 0 bridgehead atoms. The predicted molar refractivity (Wildman–Crippen MR) is 150 cm³/mol. The van der Waals surface area contributed by atoms with Gasteiger partial charge in [0.1, 0.15) is 17.4 Å². The number of ether oxygens (including phenoxy) is 2. The number of sulfone groups is 1. The fraction of sp³-hybridized carbons (Fsp3) is 0.407. The number of anilines is 4. The van der Waals surface area contributed by atoms with Gasteiger partial charge in [0, 0.05) is 56.2 Å². The summed E-state index contributed by atoms with van der Waals surface area (Å²) in [6.45, 7) is 10.7. The fourth-order valence-corrected chi connectivity index (χ4v) is 4.94. The number of rotatable bonds is 8. The van der Waals surface area contributed by atoms with Crippen molar-refractivity contribution >= 4 is 38.8 Å². The van der Waals surface area contributed by atoms with Crippen LogP contribution in [-0.4, -0.2) is 66.9 Å². The van der Waals surface area contributed by atoms with Crippen molar-refractivity contribution < 1.29 is 22.7 Å². The largest absolute Gasteiger partial charge is 0.491 e. The second kappa shape index (κ2) is 11.5. The molecular formula is C27H34N6O5S. The Bertz CT molecular complexity index is 1440. The van der Waals surface area contributed by atoms with Crippen molar-refractivity contribution in [3.63, 3.8) is 0 Å². The number of carbonyl (C=O) groups excluding carboxylic acids is 1. The molecule has 0 aromatic carbocycles. The highest BCUT2D eigenvalue weighted by Crippen LogP contribution is 2.33. The van der Waals surface area contributed by atoms with Gasteiger partial charge in [-0.1, -0.05) is 0 Å². The normalized spacial score (nSPS) is 17.7. The van der Waals surface area contributed by atoms with Gasteiger partial charge in [-0.25, -0.2) is 18.4 Å². The molecule has 3 aromatic heterocycles. The Balaban J connectivity index is 1.72. The zero-order valence-corrected chi connectivity index (χ0v) is 23.7. The summed E-state index contributed by atoms with van der Waals surface area (Å²) in [7, 11) is -3.61. The van der Waals surface area contributed by atoms with E-state index in [4.69, 9.17) is 14.5 Å². The van der Waals surface area contributed by atoms with E-state index in [1.807, 2.05) is 32.2 Å². The lowest BCUT2D eigenvalue weighted by Gasteiger charge is -2.36. The van der Waals surface area contributed by atoms with Crippen LogP contribution in [0.4, 0.5) is 23.0 Å². The molecule has 1 amide bonds. The maximum atomic E-state index is 12.3. The van der Waals surface area contributed by atoms with E-state index in [1.54, 1.807) is 18.3 Å². The van der Waals surface area contributed by atoms with E-state index in [2.05, 4.69) is 39.3 Å². The minimum Gasteiger partial charge on any atom is -0.491 e. The second-order valence-corrected chi connectivity index (χ2v) is 11.9. The Kier molecular flexibility index (Phi) is 8.36. The third kappa shape index (κ3) is 7.42. The topological polar surface area (TPSA) is 136 Å². The Morgan fingerprint density at radius 1 is 1.08 bits per heavy atom. The molecule has 1 fully saturated rings. The molecule has 12 heteroatoms. The number of amides is 1. The van der Waals surface area contributed by atoms with Crippen LogP contribution < -0.4 is 20.3 Å². The minimum absolute atomic E-state index is 0.120. The first kappa shape index (κ1) is 28.2. The lowest BCUT2D eigenvalue weighted by molar-refractivity contribution is -0.114. The van der Waals surface area contributed by atoms with Crippen LogP contribution in [0.3, 0.4) is 0 Å². The fourth-order valence-electron chi connectivity index (χ4n) is 4.35. The molecule has 1 saturated heterocycles. The Labute approximate surface area is 228 Å². The predicted octanol–water partition coefficient (Wildman–Crippen LogP) is 4.04. The first-order valence-electron chi connectivity index (χ1n) is 12.7. The van der Waals surface area contributed by atoms with Gasteiger partial charge in [-0.2, -0.15) is 0 Å². The molecule has 4 rings (SSSR count). The van der Waals surface area contributed by atoms with Gasteiger partial charge in [0.25, 0.3) is 0 Å². The standard InChI is InChI=1S/C27H34N6O5S/c1-16(2)37-21-9-26(32-27(10-21)39(6,35)36)31-24-11-25(30-19(5)34)29-13-22(24)23-8-7-20(12-28-23)33-14-17(3)38-18(4)15-33/h7-13,16-18H,14-15H2,1-6H3,(H2,29,30,31,32,34)/t17-,18+. The third-order valence-electron chi connectivity index (χ3n) is 5.81. The van der Waals surface area contributed by atoms with Crippen LogP contribution >= 0.6 is 0 Å². The van der Waals surface area contributed by atoms with Crippen molar-refractivity contribution in [2.75, 3.05) is 34.9 Å². The average Bonchev–Trinajstić information content (AvgIpc) is 2.82. The van der Waals surface area contributed by atoms with Crippen molar-refractivity contribution in [3.8, 4) is 17.0 Å². The van der Waals surface area contributed by atoms with E-state index in [-0.39, 0.29) is 35.1 Å². The van der Waals surface area contributed by atoms with E-state index in [0.717, 1.165) is 25.0 Å². The summed E-state index contributed by atoms with van der Waals surface area (Å²) in [5, 5.41) is 5.73. The first-order valence-corrected chi connectivity index (χ1v) is 14.6. The quantitative estimate of drug-likeness (QED) is 0.420. The molecule has 4 heterocycles. The molecule has 11 nitrogen and oxygen atoms in total. The van der Waals surface area contributed by atoms with Gasteiger partial charge in [-0.15, -0.1) is 0 Å². The second-order valence-electron chi connectivity index (χ2n) is 9.95. The van der Waals surface area contributed by atoms with E-state index >= 15 is 0 Å². The van der Waals surface area contributed by atoms with Crippen LogP contribution in [-0.2, 0) is 19.4 Å². The van der Waals surface area contributed by atoms with E-state index < -0.39 is 9.84 Å². The molecule has 0 aliphatic carbocycles. The van der Waals surface area contributed by atoms with Gasteiger partial charge < -0.3 is 25.0 Å². The minimum atomic E-state index is -3.61. The lowest BCUT2D eigenvalue weighted by Crippen LogP contribution is -2.45. The smallest absolute Gasteiger partial charge is 0.222 e. The number of nitrogens with zero attached hydrogens (tertiary/aromatic N) is 4. The summed E-state index contributed by atoms with van der Waals surface area (Å²) in [5.74, 6) is 0.654. The summed E-state index contributed by atoms with van der Waals surface area (Å²) in [4.78, 5) is 27.3. The maximum Gasteiger partial charge on any atom is 0.222 e. The molecule has 0 unspecified atom stereocenters. The monoisotopic (exact) mass is 554 g/mol. The number of nitrogens with one attached hydrogen (secondary N) is 2. The molecule has 0 spiro atoms. The Hall–Kier alpha value is -3.77. The molecule has 1 aliphatic rings. The van der Waals surface area contributed by atoms with Gasteiger partial charge in [0.05, 0.1) is 41.6 Å². The number of pyridine rings is 3. The summed E-state index contributed by atoms with van der Waals surface area (Å²) < 4.78 is 36.2. The molecule has 39 heavy (non-hydrogen) atoms. The Morgan fingerprint density at radius 3 is 2.38 bits per heavy atom. The molecule has 2 N–H and O–H groups in total. The number of hydrogen-bond donors (Lipinski definition) is 2. The van der Waals surface area contributed by atoms with Crippen LogP contribution in [0.25, 0.3) is 11.3 Å². The van der Waals surface area contributed by atoms with Crippen LogP contribution in [0.2, 0.25) is 0 Å². The van der Waals surface area contributed by atoms with E-state index in [9.17, 15) is 13.2 Å². The zero-order valence-electron chi connectivity index (χ0n) is 22.9. The Morgan fingerprint density at radius 2 is 1.79 bits per heavy atom. The van der Waals surface area contributed by atoms with E-state index in [1.165, 1.54) is 13.0 Å². The van der Waals surface area contributed by atoms with E-state index in [0.29, 0.717) is 28.5 Å². The zero-order chi connectivity index (χ0) is 28.3. The molecular weight excluding hydrogens is 520 g/mol. The SMILES string of the molecule is CC(=O)Nc1cc(Nc2cc(OC(C)C)cc(S(C)(=O)=O)n2)c(-c2ccc(N3C[C@@H](C)O[C@@H](C)C3)cn2)cn1. The third-order valence-corrected chi connectivity index (χ3v) is 6.78. The van der Waals surface area contributed by atoms with Crippen molar-refractivity contribution in [3.05, 3.63) is 42.7 Å². The highest BCUT2D eigenvalue weighted by atomic mass is 32.2. The van der Waals surface area contributed by atoms with Gasteiger partial charge >= 0.3 is 0 Å². The van der Waals surface area contributed by atoms with Gasteiger partial charge in [-0.3, -0.25) is 9.78 Å². The number of carbonyl (C=O) groups is 1. The molecule has 0 saturated carbocycles. The molecule has 0 radical (unpaired) electrons. The highest BCUT2D eigenvalue weighted by molar-refractivity contribution is 7.90. The van der Waals surface area contributed by atoms with Crippen molar-refractivity contribution in [2.45, 2.75) is 58.0 Å². The van der Waals surface area contributed by atoms with Crippen LogP contribution in [0.5, 0.6) is 5.75 Å². The van der Waals surface area contributed by atoms with Crippen LogP contribution in [0.1, 0.15) is 34.6 Å². The summed E-state index contributed by atoms with van der Waals surface area (Å²) in [5.41, 5.74) is 2.78. The molecule has 2 atom stereocenters. The lowest BCUT2D eigenvalue weighted by atomic mass is 10.1. The summed E-state index contributed by atoms with van der Waals surface area (Å²) in [6, 6.07) is 8.55. The first-order chi connectivity index (χ1) is 18.4. The average molecular weight is 555 g/mol. The molecule has 208 valence electrons. The van der Waals surface area contributed by atoms with Crippen molar-refractivity contribution in [2.24, 2.45) is 0 Å². The highest BCUT2D eigenvalue weighted by Gasteiger charge is 2.23.